The van der Waals surface area contributed by atoms with Crippen molar-refractivity contribution in [1.29, 1.82) is 0 Å². The van der Waals surface area contributed by atoms with Gasteiger partial charge in [0.15, 0.2) is 5.60 Å². The Kier molecular flexibility index (Phi) is 5.52. The molecule has 1 aliphatic heterocycles. The molecule has 0 radical (unpaired) electrons. The third kappa shape index (κ3) is 3.65. The van der Waals surface area contributed by atoms with Crippen LogP contribution in [0.25, 0.3) is 0 Å². The molecular formula is C17H14Cl2FN5O3. The summed E-state index contributed by atoms with van der Waals surface area (Å²) in [5.74, 6) is 3.74. The number of halogens is 3. The second-order valence-electron chi connectivity index (χ2n) is 5.92. The zero-order valence-electron chi connectivity index (χ0n) is 14.1. The average Bonchev–Trinajstić information content (AvgIpc) is 2.94. The summed E-state index contributed by atoms with van der Waals surface area (Å²) in [7, 11) is 0. The van der Waals surface area contributed by atoms with Crippen molar-refractivity contribution >= 4 is 46.5 Å². The van der Waals surface area contributed by atoms with Crippen LogP contribution in [0, 0.1) is 5.82 Å². The Bertz CT molecular complexity index is 984. The minimum absolute atomic E-state index is 0.0742. The van der Waals surface area contributed by atoms with E-state index >= 15 is 0 Å². The SMILES string of the molecule is NNC(=O)N/N=C(\CC1(O)C(=O)Nc2c(Cl)ccc(Cl)c21)c1ccc(F)cc1. The summed E-state index contributed by atoms with van der Waals surface area (Å²) in [5, 5.41) is 17.9. The van der Waals surface area contributed by atoms with E-state index in [0.717, 1.165) is 0 Å². The van der Waals surface area contributed by atoms with Crippen LogP contribution in [0.2, 0.25) is 10.0 Å². The molecule has 2 aromatic rings. The lowest BCUT2D eigenvalue weighted by molar-refractivity contribution is -0.132. The van der Waals surface area contributed by atoms with Gasteiger partial charge in [-0.3, -0.25) is 10.2 Å². The average molecular weight is 426 g/mol. The Hall–Kier alpha value is -2.72. The molecule has 2 aromatic carbocycles. The molecule has 28 heavy (non-hydrogen) atoms. The van der Waals surface area contributed by atoms with Gasteiger partial charge in [0.05, 0.1) is 16.4 Å². The van der Waals surface area contributed by atoms with Crippen molar-refractivity contribution in [1.82, 2.24) is 10.9 Å². The van der Waals surface area contributed by atoms with Gasteiger partial charge in [-0.2, -0.15) is 5.10 Å². The van der Waals surface area contributed by atoms with Gasteiger partial charge < -0.3 is 10.4 Å². The number of hydrogen-bond donors (Lipinski definition) is 5. The van der Waals surface area contributed by atoms with Crippen LogP contribution in [0.1, 0.15) is 17.5 Å². The van der Waals surface area contributed by atoms with Gasteiger partial charge >= 0.3 is 6.03 Å². The van der Waals surface area contributed by atoms with E-state index in [4.69, 9.17) is 29.0 Å². The van der Waals surface area contributed by atoms with Crippen molar-refractivity contribution in [3.8, 4) is 0 Å². The number of hydrazone groups is 1. The molecule has 3 rings (SSSR count). The van der Waals surface area contributed by atoms with Crippen molar-refractivity contribution in [3.05, 3.63) is 63.4 Å². The summed E-state index contributed by atoms with van der Waals surface area (Å²) >= 11 is 12.3. The molecule has 1 atom stereocenters. The predicted octanol–water partition coefficient (Wildman–Crippen LogP) is 2.24. The van der Waals surface area contributed by atoms with Gasteiger partial charge in [-0.15, -0.1) is 0 Å². The third-order valence-corrected chi connectivity index (χ3v) is 4.79. The van der Waals surface area contributed by atoms with Gasteiger partial charge in [-0.1, -0.05) is 35.3 Å². The van der Waals surface area contributed by atoms with Crippen LogP contribution in [0.3, 0.4) is 0 Å². The van der Waals surface area contributed by atoms with E-state index in [9.17, 15) is 19.1 Å². The number of nitrogens with zero attached hydrogens (tertiary/aromatic N) is 1. The highest BCUT2D eigenvalue weighted by molar-refractivity contribution is 6.38. The smallest absolute Gasteiger partial charge is 0.349 e. The third-order valence-electron chi connectivity index (χ3n) is 4.16. The standard InChI is InChI=1S/C17H14Cl2FN5O3/c18-10-5-6-11(19)14-13(10)17(28,15(26)22-14)7-12(24-25-16(27)23-21)8-1-3-9(20)4-2-8/h1-6,28H,7,21H2,(H,22,26)(H2,23,25,27)/b24-12+. The molecule has 1 aliphatic rings. The monoisotopic (exact) mass is 425 g/mol. The number of anilines is 1. The molecule has 1 heterocycles. The van der Waals surface area contributed by atoms with Crippen LogP contribution in [-0.4, -0.2) is 22.8 Å². The summed E-state index contributed by atoms with van der Waals surface area (Å²) in [4.78, 5) is 23.9. The Labute approximate surface area is 168 Å². The molecular weight excluding hydrogens is 412 g/mol. The number of hydrogen-bond acceptors (Lipinski definition) is 5. The molecule has 0 saturated carbocycles. The lowest BCUT2D eigenvalue weighted by Crippen LogP contribution is -2.40. The summed E-state index contributed by atoms with van der Waals surface area (Å²) < 4.78 is 13.3. The van der Waals surface area contributed by atoms with Gasteiger partial charge in [0.2, 0.25) is 0 Å². The highest BCUT2D eigenvalue weighted by Gasteiger charge is 2.48. The Morgan fingerprint density at radius 1 is 1.21 bits per heavy atom. The highest BCUT2D eigenvalue weighted by atomic mass is 35.5. The van der Waals surface area contributed by atoms with E-state index in [1.165, 1.54) is 36.4 Å². The number of urea groups is 1. The highest BCUT2D eigenvalue weighted by Crippen LogP contribution is 2.46. The first-order valence-electron chi connectivity index (χ1n) is 7.87. The first kappa shape index (κ1) is 20.0. The first-order valence-corrected chi connectivity index (χ1v) is 8.63. The van der Waals surface area contributed by atoms with Crippen molar-refractivity contribution in [2.45, 2.75) is 12.0 Å². The zero-order valence-corrected chi connectivity index (χ0v) is 15.6. The topological polar surface area (TPSA) is 129 Å². The van der Waals surface area contributed by atoms with Crippen molar-refractivity contribution < 1.29 is 19.1 Å². The predicted molar refractivity (Wildman–Crippen MR) is 102 cm³/mol. The fraction of sp³-hybridized carbons (Fsp3) is 0.118. The fourth-order valence-corrected chi connectivity index (χ4v) is 3.34. The number of rotatable bonds is 4. The number of nitrogens with two attached hydrogens (primary N) is 1. The lowest BCUT2D eigenvalue weighted by atomic mass is 9.87. The van der Waals surface area contributed by atoms with E-state index in [1.54, 1.807) is 0 Å². The van der Waals surface area contributed by atoms with Crippen LogP contribution >= 0.6 is 23.2 Å². The zero-order chi connectivity index (χ0) is 20.5. The number of hydrazine groups is 1. The van der Waals surface area contributed by atoms with Crippen molar-refractivity contribution in [2.24, 2.45) is 10.9 Å². The number of amides is 3. The van der Waals surface area contributed by atoms with Crippen LogP contribution in [0.4, 0.5) is 14.9 Å². The fourth-order valence-electron chi connectivity index (χ4n) is 2.82. The normalized spacial score (nSPS) is 18.5. The molecule has 1 unspecified atom stereocenters. The van der Waals surface area contributed by atoms with Crippen LogP contribution < -0.4 is 22.0 Å². The maximum absolute atomic E-state index is 13.3. The van der Waals surface area contributed by atoms with Gasteiger partial charge in [0.25, 0.3) is 5.91 Å². The number of fused-ring (bicyclic) bond motifs is 1. The first-order chi connectivity index (χ1) is 13.3. The van der Waals surface area contributed by atoms with E-state index < -0.39 is 23.4 Å². The van der Waals surface area contributed by atoms with E-state index in [2.05, 4.69) is 15.8 Å². The second-order valence-corrected chi connectivity index (χ2v) is 6.74. The maximum atomic E-state index is 13.3. The Morgan fingerprint density at radius 2 is 1.86 bits per heavy atom. The van der Waals surface area contributed by atoms with Gasteiger partial charge in [0.1, 0.15) is 5.82 Å². The molecule has 6 N–H and O–H groups in total. The second kappa shape index (κ2) is 7.72. The molecule has 0 spiro atoms. The van der Waals surface area contributed by atoms with Crippen LogP contribution in [0.15, 0.2) is 41.5 Å². The number of carbonyl (C=O) groups is 2. The minimum Gasteiger partial charge on any atom is -0.375 e. The summed E-state index contributed by atoms with van der Waals surface area (Å²) in [6.07, 6.45) is -0.387. The quantitative estimate of drug-likeness (QED) is 0.222. The molecule has 0 saturated heterocycles. The number of nitrogens with one attached hydrogen (secondary N) is 3. The number of aliphatic hydroxyl groups is 1. The minimum atomic E-state index is -2.12. The van der Waals surface area contributed by atoms with Crippen LogP contribution in [0.5, 0.6) is 0 Å². The molecule has 11 heteroatoms. The van der Waals surface area contributed by atoms with E-state index in [1.807, 2.05) is 5.43 Å². The summed E-state index contributed by atoms with van der Waals surface area (Å²) in [6, 6.07) is 7.21. The molecule has 146 valence electrons. The van der Waals surface area contributed by atoms with E-state index in [0.29, 0.717) is 5.56 Å². The molecule has 0 aliphatic carbocycles. The maximum Gasteiger partial charge on any atom is 0.349 e. The molecule has 8 nitrogen and oxygen atoms in total. The van der Waals surface area contributed by atoms with Crippen molar-refractivity contribution in [3.63, 3.8) is 0 Å². The molecule has 0 fully saturated rings. The Morgan fingerprint density at radius 3 is 2.50 bits per heavy atom. The van der Waals surface area contributed by atoms with Gasteiger partial charge in [-0.05, 0) is 29.8 Å². The van der Waals surface area contributed by atoms with Gasteiger partial charge in [-0.25, -0.2) is 20.5 Å². The van der Waals surface area contributed by atoms with Crippen LogP contribution in [-0.2, 0) is 10.4 Å². The Balaban J connectivity index is 2.06. The number of benzene rings is 2. The van der Waals surface area contributed by atoms with Gasteiger partial charge in [0, 0.05) is 17.0 Å². The number of carbonyl (C=O) groups excluding carboxylic acids is 2. The summed E-state index contributed by atoms with van der Waals surface area (Å²) in [6.45, 7) is 0. The van der Waals surface area contributed by atoms with Crippen molar-refractivity contribution in [2.75, 3.05) is 5.32 Å². The van der Waals surface area contributed by atoms with E-state index in [-0.39, 0.29) is 33.4 Å². The summed E-state index contributed by atoms with van der Waals surface area (Å²) in [5.41, 5.74) is 2.53. The largest absolute Gasteiger partial charge is 0.375 e. The molecule has 0 bridgehead atoms. The molecule has 3 amide bonds. The molecule has 0 aromatic heterocycles. The lowest BCUT2D eigenvalue weighted by Gasteiger charge is -2.23.